The number of aliphatic hydroxyl groups is 1. The summed E-state index contributed by atoms with van der Waals surface area (Å²) in [5.74, 6) is 0.876. The molecule has 1 aromatic carbocycles. The fourth-order valence-corrected chi connectivity index (χ4v) is 6.07. The van der Waals surface area contributed by atoms with Crippen LogP contribution in [0.15, 0.2) is 30.6 Å². The van der Waals surface area contributed by atoms with Crippen molar-refractivity contribution in [1.29, 1.82) is 0 Å². The van der Waals surface area contributed by atoms with Crippen LogP contribution in [0.5, 0.6) is 0 Å². The highest BCUT2D eigenvalue weighted by Gasteiger charge is 2.48. The molecule has 4 heterocycles. The number of carbonyl (C=O) groups excluding carboxylic acids is 2. The number of aryl methyl sites for hydroxylation is 1. The molecule has 3 aliphatic rings. The highest BCUT2D eigenvalue weighted by molar-refractivity contribution is 6.06. The van der Waals surface area contributed by atoms with Gasteiger partial charge in [-0.1, -0.05) is 18.2 Å². The van der Waals surface area contributed by atoms with E-state index in [0.29, 0.717) is 68.1 Å². The van der Waals surface area contributed by atoms with Crippen LogP contribution >= 0.6 is 0 Å². The number of amides is 2. The van der Waals surface area contributed by atoms with E-state index >= 15 is 0 Å². The van der Waals surface area contributed by atoms with Crippen LogP contribution < -0.4 is 15.5 Å². The highest BCUT2D eigenvalue weighted by Crippen LogP contribution is 2.45. The van der Waals surface area contributed by atoms with Crippen LogP contribution in [0.1, 0.15) is 61.6 Å². The molecule has 1 saturated heterocycles. The number of aliphatic hydroxyl groups excluding tert-OH is 1. The van der Waals surface area contributed by atoms with Crippen LogP contribution in [0.4, 0.5) is 11.5 Å². The van der Waals surface area contributed by atoms with Gasteiger partial charge in [0.2, 0.25) is 11.7 Å². The number of hydrogen-bond acceptors (Lipinski definition) is 7. The quantitative estimate of drug-likeness (QED) is 0.514. The molecule has 1 spiro atoms. The first kappa shape index (κ1) is 22.9. The standard InChI is InChI=1S/C26H31N7O3/c1-2-33-22-20(31-23(33)24(35)29-16-7-9-17(34)10-8-16)21(27-15-28-22)32-13-11-26(12-14-32)18-5-3-4-6-19(18)30-25(26)36/h3-6,15-17,34H,2,7-14H2,1H3,(H,29,35)(H,30,36)/t16-,17-. The normalized spacial score (nSPS) is 23.1. The molecule has 0 bridgehead atoms. The fourth-order valence-electron chi connectivity index (χ4n) is 6.07. The van der Waals surface area contributed by atoms with Crippen molar-refractivity contribution < 1.29 is 14.7 Å². The molecule has 10 nitrogen and oxygen atoms in total. The number of fused-ring (bicyclic) bond motifs is 3. The Bertz CT molecular complexity index is 1320. The Morgan fingerprint density at radius 1 is 1.17 bits per heavy atom. The second-order valence-corrected chi connectivity index (χ2v) is 10.1. The van der Waals surface area contributed by atoms with Crippen molar-refractivity contribution in [1.82, 2.24) is 24.8 Å². The molecule has 188 valence electrons. The summed E-state index contributed by atoms with van der Waals surface area (Å²) >= 11 is 0. The third kappa shape index (κ3) is 3.62. The first-order chi connectivity index (χ1) is 17.5. The van der Waals surface area contributed by atoms with Gasteiger partial charge in [0.1, 0.15) is 6.33 Å². The number of nitrogens with zero attached hydrogens (tertiary/aromatic N) is 5. The van der Waals surface area contributed by atoms with Gasteiger partial charge in [0.15, 0.2) is 17.0 Å². The van der Waals surface area contributed by atoms with E-state index in [1.165, 1.54) is 6.33 Å². The summed E-state index contributed by atoms with van der Waals surface area (Å²) < 4.78 is 1.83. The molecule has 0 radical (unpaired) electrons. The predicted molar refractivity (Wildman–Crippen MR) is 135 cm³/mol. The molecule has 2 aromatic heterocycles. The minimum Gasteiger partial charge on any atom is -0.393 e. The zero-order chi connectivity index (χ0) is 24.9. The lowest BCUT2D eigenvalue weighted by Gasteiger charge is -2.38. The van der Waals surface area contributed by atoms with Crippen LogP contribution in [0.2, 0.25) is 0 Å². The van der Waals surface area contributed by atoms with Crippen molar-refractivity contribution in [2.45, 2.75) is 69.6 Å². The van der Waals surface area contributed by atoms with E-state index < -0.39 is 5.41 Å². The molecular weight excluding hydrogens is 458 g/mol. The maximum Gasteiger partial charge on any atom is 0.287 e. The molecule has 3 N–H and O–H groups in total. The number of piperidine rings is 1. The number of aromatic nitrogens is 4. The average molecular weight is 490 g/mol. The van der Waals surface area contributed by atoms with Crippen LogP contribution in [0.25, 0.3) is 11.2 Å². The average Bonchev–Trinajstić information content (AvgIpc) is 3.41. The first-order valence-corrected chi connectivity index (χ1v) is 12.9. The topological polar surface area (TPSA) is 125 Å². The Labute approximate surface area is 209 Å². The zero-order valence-corrected chi connectivity index (χ0v) is 20.4. The lowest BCUT2D eigenvalue weighted by atomic mass is 9.73. The van der Waals surface area contributed by atoms with E-state index in [9.17, 15) is 14.7 Å². The Balaban J connectivity index is 1.26. The SMILES string of the molecule is CCn1c(C(=O)N[C@H]2CC[C@H](O)CC2)nc2c(N3CCC4(CC3)C(=O)Nc3ccccc34)ncnc21. The maximum atomic E-state index is 13.2. The molecule has 0 unspecified atom stereocenters. The second-order valence-electron chi connectivity index (χ2n) is 10.1. The molecule has 2 fully saturated rings. The summed E-state index contributed by atoms with van der Waals surface area (Å²) in [5.41, 5.74) is 2.71. The summed E-state index contributed by atoms with van der Waals surface area (Å²) in [6.07, 6.45) is 5.52. The second kappa shape index (κ2) is 8.85. The van der Waals surface area contributed by atoms with Gasteiger partial charge in [-0.05, 0) is 57.1 Å². The number of rotatable bonds is 4. The van der Waals surface area contributed by atoms with E-state index in [0.717, 1.165) is 24.1 Å². The zero-order valence-electron chi connectivity index (χ0n) is 20.4. The van der Waals surface area contributed by atoms with Gasteiger partial charge < -0.3 is 25.2 Å². The van der Waals surface area contributed by atoms with Crippen LogP contribution in [0, 0.1) is 0 Å². The smallest absolute Gasteiger partial charge is 0.287 e. The van der Waals surface area contributed by atoms with E-state index in [2.05, 4.69) is 25.5 Å². The van der Waals surface area contributed by atoms with Crippen molar-refractivity contribution in [3.8, 4) is 0 Å². The maximum absolute atomic E-state index is 13.2. The van der Waals surface area contributed by atoms with Gasteiger partial charge in [0, 0.05) is 31.4 Å². The van der Waals surface area contributed by atoms with Gasteiger partial charge in [-0.25, -0.2) is 15.0 Å². The van der Waals surface area contributed by atoms with E-state index in [1.54, 1.807) is 0 Å². The number of benzene rings is 1. The third-order valence-electron chi connectivity index (χ3n) is 8.11. The van der Waals surface area contributed by atoms with E-state index in [1.807, 2.05) is 35.8 Å². The largest absolute Gasteiger partial charge is 0.393 e. The highest BCUT2D eigenvalue weighted by atomic mass is 16.3. The molecule has 0 atom stereocenters. The molecule has 10 heteroatoms. The van der Waals surface area contributed by atoms with Crippen LogP contribution in [-0.4, -0.2) is 61.7 Å². The monoisotopic (exact) mass is 489 g/mol. The Morgan fingerprint density at radius 2 is 1.92 bits per heavy atom. The van der Waals surface area contributed by atoms with E-state index in [4.69, 9.17) is 4.98 Å². The number of para-hydroxylation sites is 1. The first-order valence-electron chi connectivity index (χ1n) is 12.9. The fraction of sp³-hybridized carbons (Fsp3) is 0.500. The molecule has 1 aliphatic carbocycles. The molecule has 3 aromatic rings. The van der Waals surface area contributed by atoms with Gasteiger partial charge in [-0.3, -0.25) is 9.59 Å². The van der Waals surface area contributed by atoms with Crippen molar-refractivity contribution in [2.24, 2.45) is 0 Å². The third-order valence-corrected chi connectivity index (χ3v) is 8.11. The minimum absolute atomic E-state index is 0.0373. The van der Waals surface area contributed by atoms with Gasteiger partial charge >= 0.3 is 0 Å². The van der Waals surface area contributed by atoms with Gasteiger partial charge in [-0.2, -0.15) is 0 Å². The predicted octanol–water partition coefficient (Wildman–Crippen LogP) is 2.37. The Kier molecular flexibility index (Phi) is 5.63. The molecular formula is C26H31N7O3. The molecule has 2 amide bonds. The minimum atomic E-state index is -0.513. The summed E-state index contributed by atoms with van der Waals surface area (Å²) in [7, 11) is 0. The summed E-state index contributed by atoms with van der Waals surface area (Å²) in [6, 6.07) is 7.98. The van der Waals surface area contributed by atoms with Crippen LogP contribution in [-0.2, 0) is 16.8 Å². The van der Waals surface area contributed by atoms with Crippen molar-refractivity contribution >= 4 is 34.5 Å². The number of hydrogen-bond donors (Lipinski definition) is 3. The van der Waals surface area contributed by atoms with Gasteiger partial charge in [0.25, 0.3) is 5.91 Å². The Morgan fingerprint density at radius 3 is 2.67 bits per heavy atom. The van der Waals surface area contributed by atoms with Gasteiger partial charge in [-0.15, -0.1) is 0 Å². The lowest BCUT2D eigenvalue weighted by Crippen LogP contribution is -2.46. The van der Waals surface area contributed by atoms with Crippen molar-refractivity contribution in [2.75, 3.05) is 23.3 Å². The van der Waals surface area contributed by atoms with Crippen molar-refractivity contribution in [3.05, 3.63) is 42.0 Å². The lowest BCUT2D eigenvalue weighted by molar-refractivity contribution is -0.121. The number of carbonyl (C=O) groups is 2. The number of imidazole rings is 1. The van der Waals surface area contributed by atoms with Crippen molar-refractivity contribution in [3.63, 3.8) is 0 Å². The number of nitrogens with one attached hydrogen (secondary N) is 2. The Hall–Kier alpha value is -3.53. The van der Waals surface area contributed by atoms with Gasteiger partial charge in [0.05, 0.1) is 11.5 Å². The van der Waals surface area contributed by atoms with E-state index in [-0.39, 0.29) is 24.0 Å². The molecule has 36 heavy (non-hydrogen) atoms. The van der Waals surface area contributed by atoms with Crippen LogP contribution in [0.3, 0.4) is 0 Å². The molecule has 1 saturated carbocycles. The number of anilines is 2. The summed E-state index contributed by atoms with van der Waals surface area (Å²) in [5, 5.41) is 15.9. The summed E-state index contributed by atoms with van der Waals surface area (Å²) in [4.78, 5) is 42.1. The summed E-state index contributed by atoms with van der Waals surface area (Å²) in [6.45, 7) is 3.83. The molecule has 2 aliphatic heterocycles. The molecule has 6 rings (SSSR count).